The number of hydrogen-bond acceptors (Lipinski definition) is 9. The molecule has 3 N–H and O–H groups in total. The summed E-state index contributed by atoms with van der Waals surface area (Å²) in [5.41, 5.74) is 1.81. The molecular weight excluding hydrogens is 588 g/mol. The minimum Gasteiger partial charge on any atom is -0.490 e. The number of carbonyl (C=O) groups is 1. The molecule has 1 fully saturated rings. The van der Waals surface area contributed by atoms with Crippen molar-refractivity contribution in [3.05, 3.63) is 47.3 Å². The molecule has 0 aromatic rings. The van der Waals surface area contributed by atoms with Crippen molar-refractivity contribution in [1.29, 1.82) is 0 Å². The molecule has 0 aromatic heterocycles. The average molecular weight is 651 g/mol. The maximum absolute atomic E-state index is 13.6. The second kappa shape index (κ2) is 17.9. The Morgan fingerprint density at radius 2 is 1.74 bits per heavy atom. The van der Waals surface area contributed by atoms with Gasteiger partial charge < -0.3 is 39.0 Å². The van der Waals surface area contributed by atoms with Crippen LogP contribution in [0.2, 0.25) is 0 Å². The number of allylic oxidation sites excluding steroid dienone is 5. The van der Waals surface area contributed by atoms with Gasteiger partial charge in [-0.05, 0) is 45.1 Å². The summed E-state index contributed by atoms with van der Waals surface area (Å²) in [6, 6.07) is 0. The first-order valence-electron chi connectivity index (χ1n) is 16.9. The smallest absolute Gasteiger partial charge is 0.373 e. The van der Waals surface area contributed by atoms with E-state index < -0.39 is 48.0 Å². The third-order valence-electron chi connectivity index (χ3n) is 9.85. The molecule has 0 bridgehead atoms. The summed E-state index contributed by atoms with van der Waals surface area (Å²) in [6.07, 6.45) is 6.04. The molecule has 2 aliphatic heterocycles. The van der Waals surface area contributed by atoms with Gasteiger partial charge in [0.25, 0.3) is 0 Å². The lowest BCUT2D eigenvalue weighted by atomic mass is 9.76. The molecule has 2 rings (SSSR count). The molecule has 9 heteroatoms. The lowest BCUT2D eigenvalue weighted by molar-refractivity contribution is -0.332. The molecule has 9 nitrogen and oxygen atoms in total. The first kappa shape index (κ1) is 40.2. The molecule has 264 valence electrons. The molecule has 0 aromatic carbocycles. The third kappa shape index (κ3) is 10.2. The Labute approximate surface area is 277 Å². The number of rotatable bonds is 9. The molecule has 0 aliphatic carbocycles. The molecule has 0 spiro atoms. The van der Waals surface area contributed by atoms with E-state index >= 15 is 0 Å². The van der Waals surface area contributed by atoms with Crippen molar-refractivity contribution in [2.24, 2.45) is 35.5 Å². The highest BCUT2D eigenvalue weighted by Crippen LogP contribution is 2.42. The zero-order chi connectivity index (χ0) is 34.9. The van der Waals surface area contributed by atoms with Gasteiger partial charge in [-0.2, -0.15) is 0 Å². The largest absolute Gasteiger partial charge is 0.490 e. The van der Waals surface area contributed by atoms with Gasteiger partial charge in [0.2, 0.25) is 5.76 Å². The van der Waals surface area contributed by atoms with Crippen LogP contribution in [0.25, 0.3) is 0 Å². The van der Waals surface area contributed by atoms with E-state index in [1.54, 1.807) is 26.0 Å². The van der Waals surface area contributed by atoms with Gasteiger partial charge in [0.15, 0.2) is 5.79 Å². The molecular formula is C37H62O9. The predicted molar refractivity (Wildman–Crippen MR) is 180 cm³/mol. The normalized spacial score (nSPS) is 39.9. The summed E-state index contributed by atoms with van der Waals surface area (Å²) in [7, 11) is 2.92. The summed E-state index contributed by atoms with van der Waals surface area (Å²) in [5.74, 6) is -3.86. The van der Waals surface area contributed by atoms with E-state index in [2.05, 4.69) is 6.92 Å². The van der Waals surface area contributed by atoms with E-state index in [0.717, 1.165) is 11.1 Å². The Bertz CT molecular complexity index is 1090. The molecule has 46 heavy (non-hydrogen) atoms. The van der Waals surface area contributed by atoms with Gasteiger partial charge in [0, 0.05) is 43.8 Å². The zero-order valence-corrected chi connectivity index (χ0v) is 30.2. The van der Waals surface area contributed by atoms with Crippen molar-refractivity contribution in [2.45, 2.75) is 124 Å². The average Bonchev–Trinajstić information content (AvgIpc) is 3.00. The number of cyclic esters (lactones) is 1. The lowest BCUT2D eigenvalue weighted by Crippen LogP contribution is -2.59. The highest BCUT2D eigenvalue weighted by atomic mass is 16.6. The van der Waals surface area contributed by atoms with Crippen LogP contribution in [0.1, 0.15) is 82.1 Å². The highest BCUT2D eigenvalue weighted by molar-refractivity contribution is 5.87. The Morgan fingerprint density at radius 1 is 1.09 bits per heavy atom. The molecule has 0 radical (unpaired) electrons. The fraction of sp³-hybridized carbons (Fsp3) is 0.757. The number of esters is 1. The van der Waals surface area contributed by atoms with E-state index in [1.165, 1.54) is 14.2 Å². The molecule has 0 amide bonds. The monoisotopic (exact) mass is 650 g/mol. The van der Waals surface area contributed by atoms with Crippen LogP contribution in [0, 0.1) is 35.5 Å². The van der Waals surface area contributed by atoms with Crippen molar-refractivity contribution in [3.63, 3.8) is 0 Å². The molecule has 12 atom stereocenters. The predicted octanol–water partition coefficient (Wildman–Crippen LogP) is 5.74. The standard InChI is InChI=1S/C37H62O9/c1-13-44-31-20-37(41,46-34(21(2)3)26(31)8)28(10)33(39)27(9)35-29(42-11)16-14-15-22(4)17-24(6)32(38)25(7)18-23(5)19-30(43-12)36(40)45-35/h14-16,18-19,21,24-29,31-35,38-39,41H,13,17,20H2,1-12H3/b16-14+,22-15+,23-18+,30-19-/t24-,25+,26-,27-,28-,29-,31+,32-,33+,34+,35+,37+/m0/s1. The summed E-state index contributed by atoms with van der Waals surface area (Å²) in [4.78, 5) is 13.6. The summed E-state index contributed by atoms with van der Waals surface area (Å²) in [6.45, 7) is 19.9. The molecule has 0 unspecified atom stereocenters. The first-order chi connectivity index (χ1) is 21.5. The number of ether oxygens (including phenoxy) is 5. The van der Waals surface area contributed by atoms with Crippen molar-refractivity contribution >= 4 is 5.97 Å². The van der Waals surface area contributed by atoms with Crippen LogP contribution < -0.4 is 0 Å². The van der Waals surface area contributed by atoms with Crippen LogP contribution in [0.15, 0.2) is 47.3 Å². The number of aliphatic hydroxyl groups excluding tert-OH is 2. The van der Waals surface area contributed by atoms with E-state index in [1.807, 2.05) is 66.7 Å². The van der Waals surface area contributed by atoms with E-state index in [4.69, 9.17) is 23.7 Å². The molecule has 2 aliphatic rings. The molecule has 2 heterocycles. The fourth-order valence-electron chi connectivity index (χ4n) is 6.95. The van der Waals surface area contributed by atoms with Gasteiger partial charge in [0.05, 0.1) is 31.5 Å². The fourth-order valence-corrected chi connectivity index (χ4v) is 6.95. The van der Waals surface area contributed by atoms with Crippen LogP contribution in [0.3, 0.4) is 0 Å². The van der Waals surface area contributed by atoms with Crippen molar-refractivity contribution in [1.82, 2.24) is 0 Å². The van der Waals surface area contributed by atoms with Gasteiger partial charge in [0.1, 0.15) is 12.2 Å². The van der Waals surface area contributed by atoms with Crippen LogP contribution in [0.5, 0.6) is 0 Å². The van der Waals surface area contributed by atoms with Crippen molar-refractivity contribution in [2.75, 3.05) is 20.8 Å². The molecule has 1 saturated heterocycles. The quantitative estimate of drug-likeness (QED) is 0.268. The maximum atomic E-state index is 13.6. The zero-order valence-electron chi connectivity index (χ0n) is 30.2. The lowest BCUT2D eigenvalue weighted by Gasteiger charge is -2.50. The first-order valence-corrected chi connectivity index (χ1v) is 16.9. The number of carbonyl (C=O) groups excluding carboxylic acids is 1. The maximum Gasteiger partial charge on any atom is 0.373 e. The van der Waals surface area contributed by atoms with Crippen LogP contribution in [-0.2, 0) is 28.5 Å². The van der Waals surface area contributed by atoms with Gasteiger partial charge in [-0.3, -0.25) is 0 Å². The second-order valence-corrected chi connectivity index (χ2v) is 14.0. The highest BCUT2D eigenvalue weighted by Gasteiger charge is 2.52. The van der Waals surface area contributed by atoms with E-state index in [-0.39, 0.29) is 48.1 Å². The number of hydrogen-bond donors (Lipinski definition) is 3. The number of aliphatic hydroxyl groups is 3. The number of methoxy groups -OCH3 is 2. The minimum atomic E-state index is -1.67. The van der Waals surface area contributed by atoms with Gasteiger partial charge >= 0.3 is 5.97 Å². The SMILES string of the molecule is CCO[C@@H]1C[C@](O)([C@@H](C)[C@H](O)[C@H](C)[C@H]2OC(=O)/C(OC)=C/C(C)=C/[C@@H](C)[C@@H](O)[C@@H](C)C/C(C)=C/C=C/[C@@H]2OC)O[C@H](C(C)C)[C@H]1C. The molecule has 0 saturated carbocycles. The van der Waals surface area contributed by atoms with E-state index in [9.17, 15) is 20.1 Å². The van der Waals surface area contributed by atoms with Gasteiger partial charge in [-0.1, -0.05) is 83.9 Å². The summed E-state index contributed by atoms with van der Waals surface area (Å²) in [5, 5.41) is 34.7. The van der Waals surface area contributed by atoms with Crippen LogP contribution in [-0.4, -0.2) is 84.5 Å². The van der Waals surface area contributed by atoms with Gasteiger partial charge in [-0.15, -0.1) is 0 Å². The van der Waals surface area contributed by atoms with Crippen molar-refractivity contribution in [3.8, 4) is 0 Å². The second-order valence-electron chi connectivity index (χ2n) is 14.0. The van der Waals surface area contributed by atoms with Crippen LogP contribution in [0.4, 0.5) is 0 Å². The van der Waals surface area contributed by atoms with E-state index in [0.29, 0.717) is 13.0 Å². The van der Waals surface area contributed by atoms with Crippen LogP contribution >= 0.6 is 0 Å². The third-order valence-corrected chi connectivity index (χ3v) is 9.85. The Kier molecular flexibility index (Phi) is 15.7. The Morgan fingerprint density at radius 3 is 2.30 bits per heavy atom. The van der Waals surface area contributed by atoms with Gasteiger partial charge in [-0.25, -0.2) is 4.79 Å². The Balaban J connectivity index is 2.54. The summed E-state index contributed by atoms with van der Waals surface area (Å²) >= 11 is 0. The van der Waals surface area contributed by atoms with Crippen molar-refractivity contribution < 1.29 is 43.8 Å². The summed E-state index contributed by atoms with van der Waals surface area (Å²) < 4.78 is 29.8. The topological polar surface area (TPSA) is 124 Å². The minimum absolute atomic E-state index is 0.00323. The Hall–Kier alpha value is -2.01.